The molecule has 0 spiro atoms. The Morgan fingerprint density at radius 3 is 2.07 bits per heavy atom. The number of halogens is 2. The molecule has 1 aliphatic heterocycles. The number of β-amino-alcohol motifs (C(OH)–C–C–N with tert-alkyl or cyclic N) is 1. The number of hydrogen-bond acceptors (Lipinski definition) is 3. The fourth-order valence-electron chi connectivity index (χ4n) is 3.94. The van der Waals surface area contributed by atoms with E-state index in [4.69, 9.17) is 0 Å². The van der Waals surface area contributed by atoms with Crippen molar-refractivity contribution in [2.75, 3.05) is 13.1 Å². The maximum atomic E-state index is 13.8. The number of hydrogen-bond donors (Lipinski definition) is 1. The average Bonchev–Trinajstić information content (AvgIpc) is 3.04. The molecule has 144 valence electrons. The summed E-state index contributed by atoms with van der Waals surface area (Å²) in [7, 11) is 0. The Kier molecular flexibility index (Phi) is 4.48. The molecule has 3 nitrogen and oxygen atoms in total. The number of nitrogens with zero attached hydrogens (tertiary/aromatic N) is 2. The molecule has 0 bridgehead atoms. The van der Waals surface area contributed by atoms with Crippen LogP contribution in [-0.2, 0) is 6.54 Å². The molecule has 1 unspecified atom stereocenters. The number of aliphatic hydroxyl groups is 1. The summed E-state index contributed by atoms with van der Waals surface area (Å²) in [5.41, 5.74) is 0.619. The van der Waals surface area contributed by atoms with E-state index < -0.39 is 5.60 Å². The van der Waals surface area contributed by atoms with E-state index >= 15 is 0 Å². The summed E-state index contributed by atoms with van der Waals surface area (Å²) in [5, 5.41) is 12.4. The second-order valence-corrected chi connectivity index (χ2v) is 10.2. The van der Waals surface area contributed by atoms with Gasteiger partial charge in [-0.1, -0.05) is 11.9 Å². The quantitative estimate of drug-likeness (QED) is 0.639. The first-order valence-electron chi connectivity index (χ1n) is 9.17. The SMILES string of the molecule is CC(O)(CN1CCC(C)(C)S1)Cn1c2ccc(F)cc2c2cc(F)ccc21. The number of rotatable bonds is 4. The van der Waals surface area contributed by atoms with Crippen molar-refractivity contribution in [1.29, 1.82) is 0 Å². The van der Waals surface area contributed by atoms with E-state index in [9.17, 15) is 13.9 Å². The smallest absolute Gasteiger partial charge is 0.123 e. The minimum atomic E-state index is -0.977. The van der Waals surface area contributed by atoms with Crippen LogP contribution in [0.15, 0.2) is 36.4 Å². The van der Waals surface area contributed by atoms with Crippen LogP contribution >= 0.6 is 11.9 Å². The van der Waals surface area contributed by atoms with Crippen LogP contribution in [0.2, 0.25) is 0 Å². The van der Waals surface area contributed by atoms with E-state index in [0.717, 1.165) is 24.0 Å². The van der Waals surface area contributed by atoms with Gasteiger partial charge in [-0.25, -0.2) is 13.1 Å². The minimum Gasteiger partial charge on any atom is -0.387 e. The summed E-state index contributed by atoms with van der Waals surface area (Å²) in [6, 6.07) is 9.07. The maximum Gasteiger partial charge on any atom is 0.123 e. The van der Waals surface area contributed by atoms with Gasteiger partial charge in [0.25, 0.3) is 0 Å². The van der Waals surface area contributed by atoms with Gasteiger partial charge < -0.3 is 9.67 Å². The molecule has 1 saturated heterocycles. The van der Waals surface area contributed by atoms with Gasteiger partial charge in [-0.15, -0.1) is 0 Å². The van der Waals surface area contributed by atoms with E-state index in [-0.39, 0.29) is 16.4 Å². The molecule has 2 aromatic carbocycles. The molecule has 2 heterocycles. The molecule has 0 aliphatic carbocycles. The van der Waals surface area contributed by atoms with Gasteiger partial charge in [-0.2, -0.15) is 0 Å². The summed E-state index contributed by atoms with van der Waals surface area (Å²) < 4.78 is 32.0. The molecular formula is C21H24F2N2OS. The first-order valence-corrected chi connectivity index (χ1v) is 9.94. The van der Waals surface area contributed by atoms with Gasteiger partial charge in [0, 0.05) is 39.6 Å². The van der Waals surface area contributed by atoms with Gasteiger partial charge in [-0.05, 0) is 63.6 Å². The van der Waals surface area contributed by atoms with E-state index in [1.165, 1.54) is 24.3 Å². The lowest BCUT2D eigenvalue weighted by molar-refractivity contribution is 0.0293. The largest absolute Gasteiger partial charge is 0.387 e. The van der Waals surface area contributed by atoms with E-state index in [0.29, 0.717) is 23.9 Å². The predicted octanol–water partition coefficient (Wildman–Crippen LogP) is 4.96. The van der Waals surface area contributed by atoms with Crippen LogP contribution in [0.25, 0.3) is 21.8 Å². The van der Waals surface area contributed by atoms with Crippen LogP contribution < -0.4 is 0 Å². The first kappa shape index (κ1) is 18.7. The summed E-state index contributed by atoms with van der Waals surface area (Å²) in [6.07, 6.45) is 1.09. The molecule has 0 saturated carbocycles. The zero-order chi connectivity index (χ0) is 19.4. The predicted molar refractivity (Wildman–Crippen MR) is 108 cm³/mol. The monoisotopic (exact) mass is 390 g/mol. The van der Waals surface area contributed by atoms with Gasteiger partial charge in [-0.3, -0.25) is 0 Å². The van der Waals surface area contributed by atoms with Gasteiger partial charge in [0.2, 0.25) is 0 Å². The Morgan fingerprint density at radius 2 is 1.59 bits per heavy atom. The lowest BCUT2D eigenvalue weighted by Crippen LogP contribution is -2.40. The van der Waals surface area contributed by atoms with Crippen molar-refractivity contribution in [3.8, 4) is 0 Å². The zero-order valence-electron chi connectivity index (χ0n) is 15.8. The fourth-order valence-corrected chi connectivity index (χ4v) is 5.34. The van der Waals surface area contributed by atoms with E-state index in [1.807, 2.05) is 11.5 Å². The molecule has 0 radical (unpaired) electrons. The highest BCUT2D eigenvalue weighted by Gasteiger charge is 2.35. The summed E-state index contributed by atoms with van der Waals surface area (Å²) in [4.78, 5) is 0. The van der Waals surface area contributed by atoms with Crippen molar-refractivity contribution in [1.82, 2.24) is 8.87 Å². The molecular weight excluding hydrogens is 366 g/mol. The van der Waals surface area contributed by atoms with Crippen molar-refractivity contribution in [2.45, 2.75) is 44.1 Å². The van der Waals surface area contributed by atoms with Crippen molar-refractivity contribution in [2.24, 2.45) is 0 Å². The second-order valence-electron chi connectivity index (χ2n) is 8.37. The summed E-state index contributed by atoms with van der Waals surface area (Å²) >= 11 is 1.78. The lowest BCUT2D eigenvalue weighted by atomic mass is 10.1. The highest BCUT2D eigenvalue weighted by molar-refractivity contribution is 7.98. The van der Waals surface area contributed by atoms with Gasteiger partial charge in [0.1, 0.15) is 11.6 Å². The topological polar surface area (TPSA) is 28.4 Å². The molecule has 1 aromatic heterocycles. The molecule has 1 N–H and O–H groups in total. The van der Waals surface area contributed by atoms with Gasteiger partial charge in [0.15, 0.2) is 0 Å². The third kappa shape index (κ3) is 3.71. The van der Waals surface area contributed by atoms with E-state index in [1.54, 1.807) is 24.1 Å². The third-order valence-electron chi connectivity index (χ3n) is 5.14. The number of aromatic nitrogens is 1. The van der Waals surface area contributed by atoms with Crippen molar-refractivity contribution < 1.29 is 13.9 Å². The third-order valence-corrected chi connectivity index (χ3v) is 6.41. The van der Waals surface area contributed by atoms with Crippen LogP contribution in [0.1, 0.15) is 27.2 Å². The Morgan fingerprint density at radius 1 is 1.04 bits per heavy atom. The van der Waals surface area contributed by atoms with Crippen LogP contribution in [0.5, 0.6) is 0 Å². The van der Waals surface area contributed by atoms with Crippen molar-refractivity contribution in [3.63, 3.8) is 0 Å². The lowest BCUT2D eigenvalue weighted by Gasteiger charge is -2.30. The Labute approximate surface area is 162 Å². The highest BCUT2D eigenvalue weighted by Crippen LogP contribution is 2.39. The normalized spacial score (nSPS) is 19.8. The standard InChI is InChI=1S/C21H24F2N2OS/c1-20(2)8-9-24(27-20)12-21(3,26)13-25-18-6-4-14(22)10-16(18)17-11-15(23)5-7-19(17)25/h4-7,10-11,26H,8-9,12-13H2,1-3H3. The Hall–Kier alpha value is -1.63. The van der Waals surface area contributed by atoms with E-state index in [2.05, 4.69) is 18.2 Å². The highest BCUT2D eigenvalue weighted by atomic mass is 32.2. The first-order chi connectivity index (χ1) is 12.6. The molecule has 6 heteroatoms. The van der Waals surface area contributed by atoms with Gasteiger partial charge >= 0.3 is 0 Å². The number of benzene rings is 2. The fraction of sp³-hybridized carbons (Fsp3) is 0.429. The molecule has 0 amide bonds. The van der Waals surface area contributed by atoms with Crippen LogP contribution in [0, 0.1) is 11.6 Å². The van der Waals surface area contributed by atoms with Crippen molar-refractivity contribution in [3.05, 3.63) is 48.0 Å². The zero-order valence-corrected chi connectivity index (χ0v) is 16.6. The molecule has 4 rings (SSSR count). The minimum absolute atomic E-state index is 0.192. The molecule has 3 aromatic rings. The summed E-state index contributed by atoms with van der Waals surface area (Å²) in [5.74, 6) is -0.707. The van der Waals surface area contributed by atoms with Crippen LogP contribution in [0.3, 0.4) is 0 Å². The Bertz CT molecular complexity index is 953. The van der Waals surface area contributed by atoms with Crippen LogP contribution in [-0.4, -0.2) is 37.4 Å². The molecule has 1 fully saturated rings. The second kappa shape index (κ2) is 6.47. The van der Waals surface area contributed by atoms with Gasteiger partial charge in [0.05, 0.1) is 12.1 Å². The Balaban J connectivity index is 1.72. The van der Waals surface area contributed by atoms with Crippen LogP contribution in [0.4, 0.5) is 8.78 Å². The number of fused-ring (bicyclic) bond motifs is 3. The molecule has 27 heavy (non-hydrogen) atoms. The summed E-state index contributed by atoms with van der Waals surface area (Å²) in [6.45, 7) is 8.07. The molecule has 1 aliphatic rings. The average molecular weight is 390 g/mol. The van der Waals surface area contributed by atoms with Crippen molar-refractivity contribution >= 4 is 33.8 Å². The molecule has 1 atom stereocenters. The maximum absolute atomic E-state index is 13.8.